The molecule has 0 bridgehead atoms. The first-order valence-electron chi connectivity index (χ1n) is 5.66. The molecular formula is C12H11BrN2O4S2. The SMILES string of the molecule is COC(=O)c1sccc1S(=O)(=O)Nc1ncc(C)cc1Br. The van der Waals surface area contributed by atoms with Crippen LogP contribution in [0.3, 0.4) is 0 Å². The summed E-state index contributed by atoms with van der Waals surface area (Å²) in [4.78, 5) is 15.5. The van der Waals surface area contributed by atoms with E-state index in [9.17, 15) is 13.2 Å². The average Bonchev–Trinajstić information content (AvgIpc) is 2.91. The average molecular weight is 391 g/mol. The number of aryl methyl sites for hydroxylation is 1. The van der Waals surface area contributed by atoms with Crippen LogP contribution in [0.4, 0.5) is 5.82 Å². The highest BCUT2D eigenvalue weighted by Crippen LogP contribution is 2.27. The first-order valence-corrected chi connectivity index (χ1v) is 8.81. The summed E-state index contributed by atoms with van der Waals surface area (Å²) < 4.78 is 32.2. The van der Waals surface area contributed by atoms with Gasteiger partial charge < -0.3 is 4.74 Å². The number of hydrogen-bond acceptors (Lipinski definition) is 6. The van der Waals surface area contributed by atoms with Crippen LogP contribution in [0, 0.1) is 6.92 Å². The second kappa shape index (κ2) is 6.12. The third kappa shape index (κ3) is 3.42. The van der Waals surface area contributed by atoms with Gasteiger partial charge in [-0.2, -0.15) is 0 Å². The summed E-state index contributed by atoms with van der Waals surface area (Å²) in [5.74, 6) is -0.538. The van der Waals surface area contributed by atoms with Gasteiger partial charge in [-0.25, -0.2) is 18.2 Å². The Morgan fingerprint density at radius 1 is 1.48 bits per heavy atom. The first-order chi connectivity index (χ1) is 9.85. The van der Waals surface area contributed by atoms with Gasteiger partial charge in [0.15, 0.2) is 5.82 Å². The van der Waals surface area contributed by atoms with E-state index in [1.807, 2.05) is 6.92 Å². The van der Waals surface area contributed by atoms with Crippen LogP contribution in [0.25, 0.3) is 0 Å². The molecule has 2 aromatic rings. The molecule has 0 atom stereocenters. The number of esters is 1. The number of rotatable bonds is 4. The molecule has 0 fully saturated rings. The second-order valence-corrected chi connectivity index (χ2v) is 7.48. The van der Waals surface area contributed by atoms with Crippen molar-refractivity contribution in [3.8, 4) is 0 Å². The summed E-state index contributed by atoms with van der Waals surface area (Å²) in [5.41, 5.74) is 0.885. The van der Waals surface area contributed by atoms with E-state index in [2.05, 4.69) is 30.4 Å². The van der Waals surface area contributed by atoms with Crippen molar-refractivity contribution >= 4 is 49.1 Å². The van der Waals surface area contributed by atoms with E-state index in [1.165, 1.54) is 24.8 Å². The molecule has 0 aliphatic heterocycles. The van der Waals surface area contributed by atoms with Gasteiger partial charge in [-0.15, -0.1) is 11.3 Å². The predicted molar refractivity (Wildman–Crippen MR) is 83.1 cm³/mol. The number of aromatic nitrogens is 1. The zero-order valence-electron chi connectivity index (χ0n) is 11.1. The Morgan fingerprint density at radius 2 is 2.19 bits per heavy atom. The van der Waals surface area contributed by atoms with Crippen molar-refractivity contribution in [1.82, 2.24) is 4.98 Å². The highest BCUT2D eigenvalue weighted by Gasteiger charge is 2.25. The van der Waals surface area contributed by atoms with Crippen molar-refractivity contribution in [2.45, 2.75) is 11.8 Å². The molecule has 0 unspecified atom stereocenters. The topological polar surface area (TPSA) is 85.4 Å². The molecule has 0 amide bonds. The van der Waals surface area contributed by atoms with Crippen molar-refractivity contribution < 1.29 is 17.9 Å². The third-order valence-electron chi connectivity index (χ3n) is 2.50. The zero-order valence-corrected chi connectivity index (χ0v) is 14.3. The number of methoxy groups -OCH3 is 1. The van der Waals surface area contributed by atoms with Crippen LogP contribution >= 0.6 is 27.3 Å². The van der Waals surface area contributed by atoms with Crippen molar-refractivity contribution in [3.05, 3.63) is 38.6 Å². The smallest absolute Gasteiger partial charge is 0.349 e. The molecule has 0 aliphatic carbocycles. The summed E-state index contributed by atoms with van der Waals surface area (Å²) in [5, 5.41) is 1.51. The molecule has 1 N–H and O–H groups in total. The number of nitrogens with one attached hydrogen (secondary N) is 1. The number of anilines is 1. The lowest BCUT2D eigenvalue weighted by atomic mass is 10.3. The number of ether oxygens (including phenoxy) is 1. The largest absolute Gasteiger partial charge is 0.465 e. The van der Waals surface area contributed by atoms with E-state index in [-0.39, 0.29) is 15.6 Å². The van der Waals surface area contributed by atoms with Gasteiger partial charge in [0, 0.05) is 6.20 Å². The molecule has 6 nitrogen and oxygen atoms in total. The van der Waals surface area contributed by atoms with Gasteiger partial charge in [-0.05, 0) is 45.9 Å². The molecule has 0 saturated heterocycles. The van der Waals surface area contributed by atoms with E-state index in [1.54, 1.807) is 6.07 Å². The van der Waals surface area contributed by atoms with Gasteiger partial charge in [0.05, 0.1) is 11.6 Å². The Kier molecular flexibility index (Phi) is 4.64. The number of hydrogen-bond donors (Lipinski definition) is 1. The summed E-state index contributed by atoms with van der Waals surface area (Å²) in [6, 6.07) is 3.08. The third-order valence-corrected chi connectivity index (χ3v) is 5.51. The highest BCUT2D eigenvalue weighted by molar-refractivity contribution is 9.10. The molecule has 0 spiro atoms. The fourth-order valence-corrected chi connectivity index (χ4v) is 4.60. The standard InChI is InChI=1S/C12H11BrN2O4S2/c1-7-5-8(13)11(14-6-7)15-21(17,18)9-3-4-20-10(9)12(16)19-2/h3-6H,1-2H3,(H,14,15). The monoisotopic (exact) mass is 390 g/mol. The fourth-order valence-electron chi connectivity index (χ4n) is 1.54. The number of carbonyl (C=O) groups excluding carboxylic acids is 1. The lowest BCUT2D eigenvalue weighted by Gasteiger charge is -2.09. The predicted octanol–water partition coefficient (Wildman–Crippen LogP) is 2.80. The Hall–Kier alpha value is -1.45. The van der Waals surface area contributed by atoms with Gasteiger partial charge >= 0.3 is 5.97 Å². The van der Waals surface area contributed by atoms with Crippen LogP contribution in [0.15, 0.2) is 33.1 Å². The number of carbonyl (C=O) groups is 1. The summed E-state index contributed by atoms with van der Waals surface area (Å²) in [6.45, 7) is 1.84. The second-order valence-electron chi connectivity index (χ2n) is 4.05. The summed E-state index contributed by atoms with van der Waals surface area (Å²) >= 11 is 4.25. The Bertz CT molecular complexity index is 786. The first kappa shape index (κ1) is 15.9. The molecule has 0 radical (unpaired) electrons. The zero-order chi connectivity index (χ0) is 15.6. The molecule has 2 rings (SSSR count). The van der Waals surface area contributed by atoms with E-state index in [4.69, 9.17) is 0 Å². The van der Waals surface area contributed by atoms with Gasteiger partial charge in [0.1, 0.15) is 9.77 Å². The van der Waals surface area contributed by atoms with Crippen molar-refractivity contribution in [3.63, 3.8) is 0 Å². The minimum atomic E-state index is -3.92. The molecule has 2 heterocycles. The number of thiophene rings is 1. The van der Waals surface area contributed by atoms with Gasteiger partial charge in [-0.3, -0.25) is 4.72 Å². The van der Waals surface area contributed by atoms with Crippen molar-refractivity contribution in [2.24, 2.45) is 0 Å². The number of sulfonamides is 1. The summed E-state index contributed by atoms with van der Waals surface area (Å²) in [7, 11) is -2.73. The Balaban J connectivity index is 2.39. The molecule has 0 aliphatic rings. The van der Waals surface area contributed by atoms with Crippen LogP contribution in [-0.2, 0) is 14.8 Å². The maximum Gasteiger partial charge on any atom is 0.349 e. The lowest BCUT2D eigenvalue weighted by Crippen LogP contribution is -2.16. The van der Waals surface area contributed by atoms with E-state index in [0.29, 0.717) is 4.47 Å². The molecule has 21 heavy (non-hydrogen) atoms. The molecule has 2 aromatic heterocycles. The summed E-state index contributed by atoms with van der Waals surface area (Å²) in [6.07, 6.45) is 1.54. The van der Waals surface area contributed by atoms with Crippen molar-refractivity contribution in [1.29, 1.82) is 0 Å². The lowest BCUT2D eigenvalue weighted by molar-refractivity contribution is 0.0602. The van der Waals surface area contributed by atoms with Crippen LogP contribution in [0.5, 0.6) is 0 Å². The molecular weight excluding hydrogens is 380 g/mol. The minimum Gasteiger partial charge on any atom is -0.465 e. The number of halogens is 1. The van der Waals surface area contributed by atoms with Crippen LogP contribution in [-0.4, -0.2) is 26.5 Å². The van der Waals surface area contributed by atoms with Crippen LogP contribution in [0.2, 0.25) is 0 Å². The molecule has 112 valence electrons. The molecule has 9 heteroatoms. The Labute approximate surface area is 134 Å². The van der Waals surface area contributed by atoms with Crippen molar-refractivity contribution in [2.75, 3.05) is 11.8 Å². The van der Waals surface area contributed by atoms with E-state index in [0.717, 1.165) is 16.9 Å². The Morgan fingerprint density at radius 3 is 2.81 bits per heavy atom. The maximum atomic E-state index is 12.4. The molecule has 0 saturated carbocycles. The minimum absolute atomic E-state index is 0.0215. The van der Waals surface area contributed by atoms with E-state index < -0.39 is 16.0 Å². The number of nitrogens with zero attached hydrogens (tertiary/aromatic N) is 1. The quantitative estimate of drug-likeness (QED) is 0.811. The van der Waals surface area contributed by atoms with Crippen LogP contribution in [0.1, 0.15) is 15.2 Å². The van der Waals surface area contributed by atoms with E-state index >= 15 is 0 Å². The van der Waals surface area contributed by atoms with Gasteiger partial charge in [-0.1, -0.05) is 0 Å². The highest BCUT2D eigenvalue weighted by atomic mass is 79.9. The van der Waals surface area contributed by atoms with Gasteiger partial charge in [0.2, 0.25) is 0 Å². The normalized spacial score (nSPS) is 11.2. The van der Waals surface area contributed by atoms with Crippen LogP contribution < -0.4 is 4.72 Å². The number of pyridine rings is 1. The molecule has 0 aromatic carbocycles. The fraction of sp³-hybridized carbons (Fsp3) is 0.167. The van der Waals surface area contributed by atoms with Gasteiger partial charge in [0.25, 0.3) is 10.0 Å². The maximum absolute atomic E-state index is 12.4.